The molecule has 1 N–H and O–H groups in total. The smallest absolute Gasteiger partial charge is 0.176 e. The van der Waals surface area contributed by atoms with E-state index in [1.807, 2.05) is 18.2 Å². The molecule has 0 aromatic heterocycles. The second-order valence-corrected chi connectivity index (χ2v) is 4.09. The normalized spacial score (nSPS) is 10.8. The summed E-state index contributed by atoms with van der Waals surface area (Å²) >= 11 is 0. The maximum absolute atomic E-state index is 11.7. The standard InChI is InChI=1S/C14H21NO/c1-4-11(5-2)12-7-6-8-13(9-12)14(16)10-15-3/h6-9,11,15H,4-5,10H2,1-3H3. The average Bonchev–Trinajstić information content (AvgIpc) is 2.31. The quantitative estimate of drug-likeness (QED) is 0.745. The van der Waals surface area contributed by atoms with Crippen molar-refractivity contribution >= 4 is 5.78 Å². The van der Waals surface area contributed by atoms with E-state index in [2.05, 4.69) is 25.2 Å². The minimum atomic E-state index is 0.162. The van der Waals surface area contributed by atoms with Crippen LogP contribution in [0.15, 0.2) is 24.3 Å². The zero-order valence-electron chi connectivity index (χ0n) is 10.4. The lowest BCUT2D eigenvalue weighted by Crippen LogP contribution is -2.18. The Morgan fingerprint density at radius 2 is 2.00 bits per heavy atom. The summed E-state index contributed by atoms with van der Waals surface area (Å²) in [5, 5.41) is 2.89. The molecule has 0 radical (unpaired) electrons. The van der Waals surface area contributed by atoms with Crippen LogP contribution in [0.3, 0.4) is 0 Å². The Bertz CT molecular complexity index is 342. The predicted octanol–water partition coefficient (Wildman–Crippen LogP) is 2.99. The molecule has 0 fully saturated rings. The monoisotopic (exact) mass is 219 g/mol. The zero-order chi connectivity index (χ0) is 12.0. The van der Waals surface area contributed by atoms with Crippen LogP contribution in [-0.4, -0.2) is 19.4 Å². The maximum atomic E-state index is 11.7. The van der Waals surface area contributed by atoms with Gasteiger partial charge in [-0.3, -0.25) is 4.79 Å². The summed E-state index contributed by atoms with van der Waals surface area (Å²) in [5.41, 5.74) is 2.10. The zero-order valence-corrected chi connectivity index (χ0v) is 10.4. The van der Waals surface area contributed by atoms with Crippen molar-refractivity contribution in [1.29, 1.82) is 0 Å². The molecular weight excluding hydrogens is 198 g/mol. The molecule has 88 valence electrons. The second kappa shape index (κ2) is 6.44. The van der Waals surface area contributed by atoms with E-state index in [4.69, 9.17) is 0 Å². The Balaban J connectivity index is 2.89. The van der Waals surface area contributed by atoms with Crippen LogP contribution < -0.4 is 5.32 Å². The fraction of sp³-hybridized carbons (Fsp3) is 0.500. The molecule has 0 saturated carbocycles. The first-order valence-corrected chi connectivity index (χ1v) is 6.00. The molecule has 0 aliphatic carbocycles. The minimum absolute atomic E-state index is 0.162. The number of carbonyl (C=O) groups excluding carboxylic acids is 1. The van der Waals surface area contributed by atoms with E-state index >= 15 is 0 Å². The van der Waals surface area contributed by atoms with E-state index in [0.717, 1.165) is 18.4 Å². The summed E-state index contributed by atoms with van der Waals surface area (Å²) in [6.07, 6.45) is 2.25. The molecule has 0 saturated heterocycles. The van der Waals surface area contributed by atoms with E-state index in [-0.39, 0.29) is 5.78 Å². The first-order chi connectivity index (χ1) is 7.72. The molecule has 0 heterocycles. The molecule has 0 aliphatic rings. The van der Waals surface area contributed by atoms with Crippen LogP contribution in [0.4, 0.5) is 0 Å². The SMILES string of the molecule is CCC(CC)c1cccc(C(=O)CNC)c1. The first kappa shape index (κ1) is 12.9. The van der Waals surface area contributed by atoms with E-state index in [1.165, 1.54) is 5.56 Å². The molecule has 0 amide bonds. The van der Waals surface area contributed by atoms with Crippen molar-refractivity contribution < 1.29 is 4.79 Å². The maximum Gasteiger partial charge on any atom is 0.176 e. The van der Waals surface area contributed by atoms with E-state index < -0.39 is 0 Å². The summed E-state index contributed by atoms with van der Waals surface area (Å²) in [4.78, 5) is 11.7. The van der Waals surface area contributed by atoms with Crippen LogP contribution in [0, 0.1) is 0 Å². The van der Waals surface area contributed by atoms with Gasteiger partial charge in [0, 0.05) is 5.56 Å². The lowest BCUT2D eigenvalue weighted by Gasteiger charge is -2.13. The third-order valence-corrected chi connectivity index (χ3v) is 3.00. The number of hydrogen-bond acceptors (Lipinski definition) is 2. The minimum Gasteiger partial charge on any atom is -0.313 e. The van der Waals surface area contributed by atoms with Gasteiger partial charge in [-0.2, -0.15) is 0 Å². The average molecular weight is 219 g/mol. The van der Waals surface area contributed by atoms with E-state index in [1.54, 1.807) is 7.05 Å². The van der Waals surface area contributed by atoms with Crippen molar-refractivity contribution in [2.75, 3.05) is 13.6 Å². The number of nitrogens with one attached hydrogen (secondary N) is 1. The molecule has 1 aromatic carbocycles. The highest BCUT2D eigenvalue weighted by atomic mass is 16.1. The summed E-state index contributed by atoms with van der Waals surface area (Å²) < 4.78 is 0. The Labute approximate surface area is 98.1 Å². The summed E-state index contributed by atoms with van der Waals surface area (Å²) in [6.45, 7) is 4.79. The fourth-order valence-electron chi connectivity index (χ4n) is 1.99. The van der Waals surface area contributed by atoms with Gasteiger partial charge in [-0.25, -0.2) is 0 Å². The Hall–Kier alpha value is -1.15. The van der Waals surface area contributed by atoms with Crippen LogP contribution in [0.2, 0.25) is 0 Å². The van der Waals surface area contributed by atoms with Gasteiger partial charge in [0.25, 0.3) is 0 Å². The lowest BCUT2D eigenvalue weighted by molar-refractivity contribution is 0.0993. The Kier molecular flexibility index (Phi) is 5.20. The van der Waals surface area contributed by atoms with Crippen molar-refractivity contribution in [2.45, 2.75) is 32.6 Å². The van der Waals surface area contributed by atoms with Crippen LogP contribution in [-0.2, 0) is 0 Å². The first-order valence-electron chi connectivity index (χ1n) is 6.00. The molecule has 0 atom stereocenters. The molecule has 1 rings (SSSR count). The molecule has 1 aromatic rings. The molecule has 0 bridgehead atoms. The highest BCUT2D eigenvalue weighted by Crippen LogP contribution is 2.23. The molecule has 0 unspecified atom stereocenters. The van der Waals surface area contributed by atoms with Gasteiger partial charge in [0.05, 0.1) is 6.54 Å². The number of benzene rings is 1. The third kappa shape index (κ3) is 3.17. The van der Waals surface area contributed by atoms with Crippen LogP contribution in [0.5, 0.6) is 0 Å². The van der Waals surface area contributed by atoms with E-state index in [9.17, 15) is 4.79 Å². The summed E-state index contributed by atoms with van der Waals surface area (Å²) in [5.74, 6) is 0.734. The molecule has 16 heavy (non-hydrogen) atoms. The number of likely N-dealkylation sites (N-methyl/N-ethyl adjacent to an activating group) is 1. The van der Waals surface area contributed by atoms with Gasteiger partial charge in [-0.15, -0.1) is 0 Å². The van der Waals surface area contributed by atoms with Gasteiger partial charge < -0.3 is 5.32 Å². The third-order valence-electron chi connectivity index (χ3n) is 3.00. The van der Waals surface area contributed by atoms with Gasteiger partial charge in [-0.1, -0.05) is 32.0 Å². The number of ketones is 1. The van der Waals surface area contributed by atoms with Gasteiger partial charge >= 0.3 is 0 Å². The number of hydrogen-bond donors (Lipinski definition) is 1. The molecule has 0 spiro atoms. The van der Waals surface area contributed by atoms with E-state index in [0.29, 0.717) is 12.5 Å². The van der Waals surface area contributed by atoms with Crippen molar-refractivity contribution in [3.8, 4) is 0 Å². The predicted molar refractivity (Wildman–Crippen MR) is 68.0 cm³/mol. The molecular formula is C14H21NO. The van der Waals surface area contributed by atoms with Gasteiger partial charge in [0.1, 0.15) is 0 Å². The molecule has 2 nitrogen and oxygen atoms in total. The largest absolute Gasteiger partial charge is 0.313 e. The van der Waals surface area contributed by atoms with Crippen LogP contribution in [0.1, 0.15) is 48.5 Å². The number of rotatable bonds is 6. The lowest BCUT2D eigenvalue weighted by atomic mass is 9.92. The number of carbonyl (C=O) groups is 1. The Morgan fingerprint density at radius 3 is 2.56 bits per heavy atom. The summed E-state index contributed by atoms with van der Waals surface area (Å²) in [7, 11) is 1.79. The second-order valence-electron chi connectivity index (χ2n) is 4.09. The van der Waals surface area contributed by atoms with Crippen molar-refractivity contribution in [1.82, 2.24) is 5.32 Å². The molecule has 0 aliphatic heterocycles. The van der Waals surface area contributed by atoms with Crippen LogP contribution >= 0.6 is 0 Å². The highest BCUT2D eigenvalue weighted by Gasteiger charge is 2.10. The van der Waals surface area contributed by atoms with Gasteiger partial charge in [0.2, 0.25) is 0 Å². The van der Waals surface area contributed by atoms with Crippen molar-refractivity contribution in [3.05, 3.63) is 35.4 Å². The van der Waals surface area contributed by atoms with Gasteiger partial charge in [-0.05, 0) is 37.4 Å². The van der Waals surface area contributed by atoms with Crippen molar-refractivity contribution in [2.24, 2.45) is 0 Å². The molecule has 2 heteroatoms. The van der Waals surface area contributed by atoms with Gasteiger partial charge in [0.15, 0.2) is 5.78 Å². The van der Waals surface area contributed by atoms with Crippen molar-refractivity contribution in [3.63, 3.8) is 0 Å². The Morgan fingerprint density at radius 1 is 1.31 bits per heavy atom. The highest BCUT2D eigenvalue weighted by molar-refractivity contribution is 5.97. The topological polar surface area (TPSA) is 29.1 Å². The fourth-order valence-corrected chi connectivity index (χ4v) is 1.99. The van der Waals surface area contributed by atoms with Crippen LogP contribution in [0.25, 0.3) is 0 Å². The summed E-state index contributed by atoms with van der Waals surface area (Å²) in [6, 6.07) is 8.03. The number of Topliss-reactive ketones (excluding diaryl/α,β-unsaturated/α-hetero) is 1.